The molecule has 0 atom stereocenters. The van der Waals surface area contributed by atoms with E-state index < -0.39 is 0 Å². The molecule has 0 amide bonds. The van der Waals surface area contributed by atoms with E-state index in [9.17, 15) is 0 Å². The van der Waals surface area contributed by atoms with E-state index in [0.717, 1.165) is 24.3 Å². The summed E-state index contributed by atoms with van der Waals surface area (Å²) in [6.07, 6.45) is 1.73. The highest BCUT2D eigenvalue weighted by Crippen LogP contribution is 2.36. The SMILES string of the molecule is Nc1ccc(Oc2ccc(Br)cc2Br)c2ncc(Br)cc12. The van der Waals surface area contributed by atoms with Crippen LogP contribution in [0.3, 0.4) is 0 Å². The van der Waals surface area contributed by atoms with E-state index in [1.807, 2.05) is 36.4 Å². The van der Waals surface area contributed by atoms with E-state index in [2.05, 4.69) is 52.8 Å². The maximum absolute atomic E-state index is 6.01. The summed E-state index contributed by atoms with van der Waals surface area (Å²) in [4.78, 5) is 4.41. The molecule has 0 fully saturated rings. The molecule has 1 aromatic heterocycles. The molecule has 0 spiro atoms. The number of anilines is 1. The monoisotopic (exact) mass is 470 g/mol. The van der Waals surface area contributed by atoms with Crippen LogP contribution < -0.4 is 10.5 Å². The molecular formula is C15H9Br3N2O. The highest BCUT2D eigenvalue weighted by molar-refractivity contribution is 9.11. The Kier molecular flexibility index (Phi) is 4.19. The van der Waals surface area contributed by atoms with Gasteiger partial charge in [0.1, 0.15) is 11.3 Å². The first kappa shape index (κ1) is 14.8. The van der Waals surface area contributed by atoms with E-state index >= 15 is 0 Å². The predicted octanol–water partition coefficient (Wildman–Crippen LogP) is 5.90. The van der Waals surface area contributed by atoms with E-state index in [-0.39, 0.29) is 0 Å². The number of nitrogens with two attached hydrogens (primary N) is 1. The van der Waals surface area contributed by atoms with Gasteiger partial charge in [-0.1, -0.05) is 15.9 Å². The number of nitrogens with zero attached hydrogens (tertiary/aromatic N) is 1. The number of fused-ring (bicyclic) bond motifs is 1. The first-order valence-electron chi connectivity index (χ1n) is 6.01. The first-order chi connectivity index (χ1) is 10.0. The van der Waals surface area contributed by atoms with Crippen molar-refractivity contribution in [1.82, 2.24) is 4.98 Å². The fourth-order valence-corrected chi connectivity index (χ4v) is 3.41. The average molecular weight is 473 g/mol. The number of hydrogen-bond acceptors (Lipinski definition) is 3. The molecule has 0 unspecified atom stereocenters. The zero-order valence-electron chi connectivity index (χ0n) is 10.6. The van der Waals surface area contributed by atoms with Crippen molar-refractivity contribution in [2.24, 2.45) is 0 Å². The molecule has 6 heteroatoms. The molecule has 2 aromatic carbocycles. The number of hydrogen-bond donors (Lipinski definition) is 1. The van der Waals surface area contributed by atoms with Gasteiger partial charge in [-0.05, 0) is 68.3 Å². The van der Waals surface area contributed by atoms with Crippen LogP contribution in [0.25, 0.3) is 10.9 Å². The number of nitrogen functional groups attached to an aromatic ring is 1. The molecule has 106 valence electrons. The second-order valence-electron chi connectivity index (χ2n) is 4.38. The van der Waals surface area contributed by atoms with Crippen molar-refractivity contribution in [2.75, 3.05) is 5.73 Å². The maximum atomic E-state index is 6.01. The van der Waals surface area contributed by atoms with E-state index in [1.54, 1.807) is 6.20 Å². The fourth-order valence-electron chi connectivity index (χ4n) is 1.95. The summed E-state index contributed by atoms with van der Waals surface area (Å²) in [7, 11) is 0. The molecule has 3 aromatic rings. The number of ether oxygens (including phenoxy) is 1. The highest BCUT2D eigenvalue weighted by atomic mass is 79.9. The van der Waals surface area contributed by atoms with Gasteiger partial charge in [-0.3, -0.25) is 4.98 Å². The van der Waals surface area contributed by atoms with Crippen LogP contribution in [-0.4, -0.2) is 4.98 Å². The van der Waals surface area contributed by atoms with Crippen LogP contribution in [0.15, 0.2) is 56.0 Å². The molecule has 0 radical (unpaired) electrons. The van der Waals surface area contributed by atoms with Crippen LogP contribution in [0.2, 0.25) is 0 Å². The van der Waals surface area contributed by atoms with Crippen LogP contribution in [-0.2, 0) is 0 Å². The largest absolute Gasteiger partial charge is 0.454 e. The standard InChI is InChI=1S/C15H9Br3N2O/c16-8-1-3-13(11(18)6-8)21-14-4-2-12(19)10-5-9(17)7-20-15(10)14/h1-7H,19H2. The Morgan fingerprint density at radius 2 is 1.67 bits per heavy atom. The maximum Gasteiger partial charge on any atom is 0.153 e. The van der Waals surface area contributed by atoms with Gasteiger partial charge in [0.15, 0.2) is 5.75 Å². The van der Waals surface area contributed by atoms with Gasteiger partial charge in [-0.25, -0.2) is 0 Å². The molecule has 0 aliphatic rings. The van der Waals surface area contributed by atoms with Crippen LogP contribution in [0.5, 0.6) is 11.5 Å². The second kappa shape index (κ2) is 5.94. The first-order valence-corrected chi connectivity index (χ1v) is 8.39. The third-order valence-electron chi connectivity index (χ3n) is 2.93. The zero-order chi connectivity index (χ0) is 15.0. The summed E-state index contributed by atoms with van der Waals surface area (Å²) < 4.78 is 8.69. The summed E-state index contributed by atoms with van der Waals surface area (Å²) in [5.74, 6) is 1.38. The minimum absolute atomic E-state index is 0.662. The van der Waals surface area contributed by atoms with Crippen molar-refractivity contribution in [1.29, 1.82) is 0 Å². The van der Waals surface area contributed by atoms with Gasteiger partial charge in [0.2, 0.25) is 0 Å². The fraction of sp³-hybridized carbons (Fsp3) is 0. The van der Waals surface area contributed by atoms with Gasteiger partial charge in [0, 0.05) is 26.2 Å². The average Bonchev–Trinajstić information content (AvgIpc) is 2.45. The Labute approximate surface area is 146 Å². The molecule has 2 N–H and O–H groups in total. The van der Waals surface area contributed by atoms with Gasteiger partial charge in [-0.15, -0.1) is 0 Å². The summed E-state index contributed by atoms with van der Waals surface area (Å²) in [5, 5.41) is 0.857. The zero-order valence-corrected chi connectivity index (χ0v) is 15.4. The van der Waals surface area contributed by atoms with Crippen molar-refractivity contribution in [3.63, 3.8) is 0 Å². The molecule has 1 heterocycles. The topological polar surface area (TPSA) is 48.1 Å². The third kappa shape index (κ3) is 3.07. The molecule has 0 saturated heterocycles. The molecule has 3 nitrogen and oxygen atoms in total. The predicted molar refractivity (Wildman–Crippen MR) is 95.8 cm³/mol. The molecule has 0 bridgehead atoms. The van der Waals surface area contributed by atoms with Crippen molar-refractivity contribution >= 4 is 64.4 Å². The Morgan fingerprint density at radius 1 is 0.905 bits per heavy atom. The van der Waals surface area contributed by atoms with Crippen LogP contribution >= 0.6 is 47.8 Å². The lowest BCUT2D eigenvalue weighted by Gasteiger charge is -2.11. The normalized spacial score (nSPS) is 10.8. The van der Waals surface area contributed by atoms with E-state index in [4.69, 9.17) is 10.5 Å². The van der Waals surface area contributed by atoms with Crippen molar-refractivity contribution in [3.05, 3.63) is 56.0 Å². The molecule has 3 rings (SSSR count). The molecule has 0 aliphatic heterocycles. The Morgan fingerprint density at radius 3 is 2.43 bits per heavy atom. The van der Waals surface area contributed by atoms with Gasteiger partial charge < -0.3 is 10.5 Å². The summed E-state index contributed by atoms with van der Waals surface area (Å²) >= 11 is 10.3. The van der Waals surface area contributed by atoms with E-state index in [1.165, 1.54) is 0 Å². The van der Waals surface area contributed by atoms with Crippen molar-refractivity contribution in [3.8, 4) is 11.5 Å². The lowest BCUT2D eigenvalue weighted by atomic mass is 10.1. The second-order valence-corrected chi connectivity index (χ2v) is 7.07. The lowest BCUT2D eigenvalue weighted by Crippen LogP contribution is -1.93. The number of aromatic nitrogens is 1. The summed E-state index contributed by atoms with van der Waals surface area (Å²) in [5.41, 5.74) is 7.40. The molecule has 0 saturated carbocycles. The number of benzene rings is 2. The smallest absolute Gasteiger partial charge is 0.153 e. The number of rotatable bonds is 2. The van der Waals surface area contributed by atoms with Crippen molar-refractivity contribution in [2.45, 2.75) is 0 Å². The van der Waals surface area contributed by atoms with Gasteiger partial charge >= 0.3 is 0 Å². The highest BCUT2D eigenvalue weighted by Gasteiger charge is 2.10. The summed E-state index contributed by atoms with van der Waals surface area (Å²) in [6.45, 7) is 0. The van der Waals surface area contributed by atoms with Gasteiger partial charge in [-0.2, -0.15) is 0 Å². The molecular weight excluding hydrogens is 464 g/mol. The minimum atomic E-state index is 0.662. The lowest BCUT2D eigenvalue weighted by molar-refractivity contribution is 0.484. The third-order valence-corrected chi connectivity index (χ3v) is 4.47. The van der Waals surface area contributed by atoms with Crippen LogP contribution in [0.1, 0.15) is 0 Å². The van der Waals surface area contributed by atoms with Crippen molar-refractivity contribution < 1.29 is 4.74 Å². The van der Waals surface area contributed by atoms with Gasteiger partial charge in [0.05, 0.1) is 4.47 Å². The Bertz CT molecular complexity index is 837. The van der Waals surface area contributed by atoms with Crippen LogP contribution in [0, 0.1) is 0 Å². The van der Waals surface area contributed by atoms with Crippen LogP contribution in [0.4, 0.5) is 5.69 Å². The minimum Gasteiger partial charge on any atom is -0.454 e. The Balaban J connectivity index is 2.11. The number of halogens is 3. The van der Waals surface area contributed by atoms with E-state index in [0.29, 0.717) is 17.2 Å². The molecule has 21 heavy (non-hydrogen) atoms. The quantitative estimate of drug-likeness (QED) is 0.472. The Hall–Kier alpha value is -1.11. The number of pyridine rings is 1. The molecule has 0 aliphatic carbocycles. The summed E-state index contributed by atoms with van der Waals surface area (Å²) in [6, 6.07) is 11.3. The van der Waals surface area contributed by atoms with Gasteiger partial charge in [0.25, 0.3) is 0 Å².